The molecule has 3 rings (SSSR count). The Bertz CT molecular complexity index is 1110. The minimum Gasteiger partial charge on any atom is -0.505 e. The monoisotopic (exact) mass is 380 g/mol. The first-order chi connectivity index (χ1) is 13.4. The number of rotatable bonds is 5. The number of benzene rings is 2. The van der Waals surface area contributed by atoms with Crippen LogP contribution >= 0.6 is 0 Å². The molecule has 0 aliphatic rings. The molecule has 4 N–H and O–H groups in total. The fourth-order valence-corrected chi connectivity index (χ4v) is 2.49. The number of nitrogens with one attached hydrogen (secondary N) is 1. The highest BCUT2D eigenvalue weighted by atomic mass is 16.5. The van der Waals surface area contributed by atoms with Crippen LogP contribution in [0, 0.1) is 0 Å². The molecule has 1 aromatic heterocycles. The van der Waals surface area contributed by atoms with Gasteiger partial charge in [0, 0.05) is 17.3 Å². The van der Waals surface area contributed by atoms with Crippen LogP contribution in [0.25, 0.3) is 5.69 Å². The average molecular weight is 380 g/mol. The second kappa shape index (κ2) is 7.62. The molecule has 2 aromatic carbocycles. The van der Waals surface area contributed by atoms with E-state index >= 15 is 0 Å². The molecule has 0 spiro atoms. The van der Waals surface area contributed by atoms with Crippen molar-refractivity contribution in [1.29, 1.82) is 0 Å². The first kappa shape index (κ1) is 18.6. The van der Waals surface area contributed by atoms with Gasteiger partial charge in [0.1, 0.15) is 11.4 Å². The molecule has 0 saturated heterocycles. The Morgan fingerprint density at radius 3 is 2.46 bits per heavy atom. The van der Waals surface area contributed by atoms with Crippen molar-refractivity contribution in [2.45, 2.75) is 0 Å². The second-order valence-electron chi connectivity index (χ2n) is 5.70. The molecule has 1 heterocycles. The molecule has 0 saturated carbocycles. The number of carbonyl (C=O) groups is 2. The Labute approximate surface area is 159 Å². The lowest BCUT2D eigenvalue weighted by Gasteiger charge is -2.12. The predicted molar refractivity (Wildman–Crippen MR) is 101 cm³/mol. The fourth-order valence-electron chi connectivity index (χ4n) is 2.49. The summed E-state index contributed by atoms with van der Waals surface area (Å²) in [7, 11) is 1.44. The number of aromatic nitrogens is 2. The zero-order valence-corrected chi connectivity index (χ0v) is 14.7. The SMILES string of the molecule is COc1ccccc1-n1nc(C(=O)Nc2ccc(C(N)=O)cc2)c(O)cc1=O. The van der Waals surface area contributed by atoms with Gasteiger partial charge in [-0.15, -0.1) is 0 Å². The smallest absolute Gasteiger partial charge is 0.279 e. The predicted octanol–water partition coefficient (Wildman–Crippen LogP) is 1.30. The Morgan fingerprint density at radius 2 is 1.82 bits per heavy atom. The molecular formula is C19H16N4O5. The minimum absolute atomic E-state index is 0.281. The third-order valence-electron chi connectivity index (χ3n) is 3.87. The number of nitrogens with zero attached hydrogens (tertiary/aromatic N) is 2. The first-order valence-corrected chi connectivity index (χ1v) is 8.08. The summed E-state index contributed by atoms with van der Waals surface area (Å²) in [5, 5.41) is 16.5. The molecule has 0 radical (unpaired) electrons. The highest BCUT2D eigenvalue weighted by molar-refractivity contribution is 6.04. The molecule has 2 amide bonds. The van der Waals surface area contributed by atoms with Crippen molar-refractivity contribution in [3.8, 4) is 17.2 Å². The molecule has 0 unspecified atom stereocenters. The van der Waals surface area contributed by atoms with Crippen molar-refractivity contribution < 1.29 is 19.4 Å². The number of nitrogens with two attached hydrogens (primary N) is 1. The van der Waals surface area contributed by atoms with Gasteiger partial charge in [-0.05, 0) is 36.4 Å². The van der Waals surface area contributed by atoms with Crippen molar-refractivity contribution in [2.24, 2.45) is 5.73 Å². The zero-order valence-electron chi connectivity index (χ0n) is 14.7. The Balaban J connectivity index is 1.96. The maximum atomic E-state index is 12.5. The van der Waals surface area contributed by atoms with Gasteiger partial charge in [-0.25, -0.2) is 0 Å². The van der Waals surface area contributed by atoms with Crippen molar-refractivity contribution in [2.75, 3.05) is 12.4 Å². The standard InChI is InChI=1S/C19H16N4O5/c1-28-15-5-3-2-4-13(15)23-16(25)10-14(24)17(22-23)19(27)21-12-8-6-11(7-9-12)18(20)26/h2-10,24H,1H3,(H2,20,26)(H,21,27). The number of primary amides is 1. The molecular weight excluding hydrogens is 364 g/mol. The van der Waals surface area contributed by atoms with Crippen LogP contribution < -0.4 is 21.3 Å². The molecule has 0 bridgehead atoms. The topological polar surface area (TPSA) is 137 Å². The molecule has 0 fully saturated rings. The van der Waals surface area contributed by atoms with Crippen molar-refractivity contribution >= 4 is 17.5 Å². The summed E-state index contributed by atoms with van der Waals surface area (Å²) >= 11 is 0. The fraction of sp³-hybridized carbons (Fsp3) is 0.0526. The van der Waals surface area contributed by atoms with E-state index in [1.165, 1.54) is 31.4 Å². The number of anilines is 1. The normalized spacial score (nSPS) is 10.3. The van der Waals surface area contributed by atoms with E-state index < -0.39 is 23.1 Å². The Morgan fingerprint density at radius 1 is 1.14 bits per heavy atom. The molecule has 0 atom stereocenters. The van der Waals surface area contributed by atoms with E-state index in [2.05, 4.69) is 10.4 Å². The minimum atomic E-state index is -0.743. The molecule has 0 aliphatic heterocycles. The van der Waals surface area contributed by atoms with Crippen molar-refractivity contribution in [1.82, 2.24) is 9.78 Å². The van der Waals surface area contributed by atoms with Crippen LogP contribution in [0.3, 0.4) is 0 Å². The number of aromatic hydroxyl groups is 1. The molecule has 0 aliphatic carbocycles. The number of hydrogen-bond acceptors (Lipinski definition) is 6. The van der Waals surface area contributed by atoms with Crippen LogP contribution in [-0.4, -0.2) is 33.8 Å². The van der Waals surface area contributed by atoms with Gasteiger partial charge in [0.2, 0.25) is 5.91 Å². The molecule has 3 aromatic rings. The number of hydrogen-bond donors (Lipinski definition) is 3. The van der Waals surface area contributed by atoms with Gasteiger partial charge < -0.3 is 20.9 Å². The second-order valence-corrected chi connectivity index (χ2v) is 5.70. The number of carbonyl (C=O) groups excluding carboxylic acids is 2. The lowest BCUT2D eigenvalue weighted by atomic mass is 10.2. The number of methoxy groups -OCH3 is 1. The van der Waals surface area contributed by atoms with Crippen LogP contribution in [0.2, 0.25) is 0 Å². The molecule has 9 heteroatoms. The summed E-state index contributed by atoms with van der Waals surface area (Å²) < 4.78 is 6.17. The van der Waals surface area contributed by atoms with Crippen LogP contribution in [0.4, 0.5) is 5.69 Å². The van der Waals surface area contributed by atoms with Crippen LogP contribution in [-0.2, 0) is 0 Å². The molecule has 28 heavy (non-hydrogen) atoms. The lowest BCUT2D eigenvalue weighted by molar-refractivity contribution is 0.0997. The Hall–Kier alpha value is -4.14. The lowest BCUT2D eigenvalue weighted by Crippen LogP contribution is -2.25. The van der Waals surface area contributed by atoms with Gasteiger partial charge in [0.05, 0.1) is 7.11 Å². The van der Waals surface area contributed by atoms with Crippen LogP contribution in [0.1, 0.15) is 20.8 Å². The molecule has 9 nitrogen and oxygen atoms in total. The van der Waals surface area contributed by atoms with E-state index in [4.69, 9.17) is 10.5 Å². The van der Waals surface area contributed by atoms with Crippen molar-refractivity contribution in [3.63, 3.8) is 0 Å². The van der Waals surface area contributed by atoms with Gasteiger partial charge in [0.25, 0.3) is 11.5 Å². The van der Waals surface area contributed by atoms with E-state index in [1.54, 1.807) is 24.3 Å². The highest BCUT2D eigenvalue weighted by Gasteiger charge is 2.18. The summed E-state index contributed by atoms with van der Waals surface area (Å²) in [5.74, 6) is -1.53. The molecule has 142 valence electrons. The summed E-state index contributed by atoms with van der Waals surface area (Å²) in [6, 6.07) is 13.4. The number of ether oxygens (including phenoxy) is 1. The van der Waals surface area contributed by atoms with Gasteiger partial charge in [0.15, 0.2) is 11.4 Å². The largest absolute Gasteiger partial charge is 0.505 e. The highest BCUT2D eigenvalue weighted by Crippen LogP contribution is 2.22. The van der Waals surface area contributed by atoms with Crippen LogP contribution in [0.15, 0.2) is 59.4 Å². The Kier molecular flexibility index (Phi) is 5.07. The number of para-hydroxylation sites is 2. The van der Waals surface area contributed by atoms with E-state index in [0.717, 1.165) is 10.7 Å². The summed E-state index contributed by atoms with van der Waals surface area (Å²) in [4.78, 5) is 35.9. The van der Waals surface area contributed by atoms with E-state index in [9.17, 15) is 19.5 Å². The third kappa shape index (κ3) is 3.68. The maximum absolute atomic E-state index is 12.5. The summed E-state index contributed by atoms with van der Waals surface area (Å²) in [6.07, 6.45) is 0. The summed E-state index contributed by atoms with van der Waals surface area (Å²) in [6.45, 7) is 0. The zero-order chi connectivity index (χ0) is 20.3. The van der Waals surface area contributed by atoms with Crippen LogP contribution in [0.5, 0.6) is 11.5 Å². The van der Waals surface area contributed by atoms with Gasteiger partial charge in [-0.3, -0.25) is 14.4 Å². The van der Waals surface area contributed by atoms with E-state index in [-0.39, 0.29) is 11.3 Å². The third-order valence-corrected chi connectivity index (χ3v) is 3.87. The van der Waals surface area contributed by atoms with Crippen molar-refractivity contribution in [3.05, 3.63) is 76.2 Å². The quantitative estimate of drug-likeness (QED) is 0.610. The van der Waals surface area contributed by atoms with Gasteiger partial charge in [-0.1, -0.05) is 12.1 Å². The average Bonchev–Trinajstić information content (AvgIpc) is 2.68. The summed E-state index contributed by atoms with van der Waals surface area (Å²) in [5.41, 5.74) is 5.13. The maximum Gasteiger partial charge on any atom is 0.279 e. The van der Waals surface area contributed by atoms with E-state index in [1.807, 2.05) is 0 Å². The van der Waals surface area contributed by atoms with Gasteiger partial charge in [-0.2, -0.15) is 9.78 Å². The van der Waals surface area contributed by atoms with Gasteiger partial charge >= 0.3 is 0 Å². The number of amides is 2. The first-order valence-electron chi connectivity index (χ1n) is 8.08. The van der Waals surface area contributed by atoms with E-state index in [0.29, 0.717) is 17.1 Å².